The minimum atomic E-state index is -3.74. The molecular formula is C14H21N3O5S2. The van der Waals surface area contributed by atoms with Crippen LogP contribution in [-0.4, -0.2) is 52.4 Å². The molecule has 0 unspecified atom stereocenters. The van der Waals surface area contributed by atoms with E-state index in [-0.39, 0.29) is 29.9 Å². The van der Waals surface area contributed by atoms with Crippen LogP contribution in [-0.2, 0) is 24.8 Å². The molecule has 1 saturated carbocycles. The minimum absolute atomic E-state index is 0.000644. The largest absolute Gasteiger partial charge is 0.326 e. The summed E-state index contributed by atoms with van der Waals surface area (Å²) in [6.45, 7) is 1.46. The lowest BCUT2D eigenvalue weighted by Gasteiger charge is -2.19. The van der Waals surface area contributed by atoms with Crippen LogP contribution in [0.15, 0.2) is 29.2 Å². The third kappa shape index (κ3) is 5.26. The Hall–Kier alpha value is -1.49. The molecule has 0 aromatic heterocycles. The van der Waals surface area contributed by atoms with Gasteiger partial charge in [0, 0.05) is 31.7 Å². The van der Waals surface area contributed by atoms with Crippen molar-refractivity contribution < 1.29 is 21.6 Å². The molecule has 134 valence electrons. The van der Waals surface area contributed by atoms with E-state index in [2.05, 4.69) is 10.0 Å². The van der Waals surface area contributed by atoms with E-state index in [1.54, 1.807) is 0 Å². The van der Waals surface area contributed by atoms with E-state index in [9.17, 15) is 21.6 Å². The van der Waals surface area contributed by atoms with Gasteiger partial charge in [0.15, 0.2) is 0 Å². The molecule has 0 bridgehead atoms. The second-order valence-electron chi connectivity index (χ2n) is 5.71. The van der Waals surface area contributed by atoms with Crippen LogP contribution >= 0.6 is 0 Å². The van der Waals surface area contributed by atoms with Gasteiger partial charge in [-0.15, -0.1) is 0 Å². The number of benzene rings is 1. The van der Waals surface area contributed by atoms with Gasteiger partial charge in [-0.2, -0.15) is 4.31 Å². The highest BCUT2D eigenvalue weighted by atomic mass is 32.2. The van der Waals surface area contributed by atoms with E-state index in [0.717, 1.165) is 19.1 Å². The standard InChI is InChI=1S/C14H21N3O5S2/c1-11(18)16-12-3-7-14(8-4-12)24(21,22)15-9-10-17(13-5-6-13)23(2,19)20/h3-4,7-8,13,15H,5-6,9-10H2,1-2H3,(H,16,18). The maximum Gasteiger partial charge on any atom is 0.240 e. The van der Waals surface area contributed by atoms with Crippen molar-refractivity contribution in [1.29, 1.82) is 0 Å². The van der Waals surface area contributed by atoms with Gasteiger partial charge in [0.1, 0.15) is 0 Å². The first-order valence-electron chi connectivity index (χ1n) is 7.44. The molecule has 1 aliphatic carbocycles. The topological polar surface area (TPSA) is 113 Å². The van der Waals surface area contributed by atoms with E-state index in [4.69, 9.17) is 0 Å². The SMILES string of the molecule is CC(=O)Nc1ccc(S(=O)(=O)NCCN(C2CC2)S(C)(=O)=O)cc1. The minimum Gasteiger partial charge on any atom is -0.326 e. The van der Waals surface area contributed by atoms with Gasteiger partial charge in [0.05, 0.1) is 11.2 Å². The number of rotatable bonds is 8. The number of carbonyl (C=O) groups excluding carboxylic acids is 1. The van der Waals surface area contributed by atoms with Crippen molar-refractivity contribution >= 4 is 31.6 Å². The molecule has 0 atom stereocenters. The Balaban J connectivity index is 1.97. The average Bonchev–Trinajstić information content (AvgIpc) is 3.26. The van der Waals surface area contributed by atoms with Crippen LogP contribution in [0.4, 0.5) is 5.69 Å². The Bertz CT molecular complexity index is 799. The molecule has 2 N–H and O–H groups in total. The third-order valence-electron chi connectivity index (χ3n) is 3.49. The molecule has 0 radical (unpaired) electrons. The Labute approximate surface area is 142 Å². The van der Waals surface area contributed by atoms with Crippen LogP contribution in [0.2, 0.25) is 0 Å². The molecule has 0 aliphatic heterocycles. The van der Waals surface area contributed by atoms with Gasteiger partial charge in [0.2, 0.25) is 26.0 Å². The highest BCUT2D eigenvalue weighted by Crippen LogP contribution is 2.28. The maximum atomic E-state index is 12.2. The maximum absolute atomic E-state index is 12.2. The molecule has 8 nitrogen and oxygen atoms in total. The lowest BCUT2D eigenvalue weighted by molar-refractivity contribution is -0.114. The summed E-state index contributed by atoms with van der Waals surface area (Å²) in [5.41, 5.74) is 0.499. The van der Waals surface area contributed by atoms with E-state index < -0.39 is 20.0 Å². The predicted octanol–water partition coefficient (Wildman–Crippen LogP) is 0.347. The monoisotopic (exact) mass is 375 g/mol. The smallest absolute Gasteiger partial charge is 0.240 e. The second-order valence-corrected chi connectivity index (χ2v) is 9.41. The normalized spacial score (nSPS) is 15.5. The number of sulfonamides is 2. The van der Waals surface area contributed by atoms with E-state index in [0.29, 0.717) is 5.69 Å². The summed E-state index contributed by atoms with van der Waals surface area (Å²) in [5, 5.41) is 2.55. The van der Waals surface area contributed by atoms with Gasteiger partial charge in [-0.1, -0.05) is 0 Å². The molecule has 0 heterocycles. The summed E-state index contributed by atoms with van der Waals surface area (Å²) in [5.74, 6) is -0.246. The number of nitrogens with one attached hydrogen (secondary N) is 2. The number of hydrogen-bond donors (Lipinski definition) is 2. The molecule has 24 heavy (non-hydrogen) atoms. The van der Waals surface area contributed by atoms with Crippen molar-refractivity contribution in [1.82, 2.24) is 9.03 Å². The molecule has 0 saturated heterocycles. The number of nitrogens with zero attached hydrogens (tertiary/aromatic N) is 1. The molecule has 10 heteroatoms. The number of anilines is 1. The summed E-state index contributed by atoms with van der Waals surface area (Å²) in [6, 6.07) is 5.72. The van der Waals surface area contributed by atoms with Crippen LogP contribution < -0.4 is 10.0 Å². The lowest BCUT2D eigenvalue weighted by Crippen LogP contribution is -2.39. The Morgan fingerprint density at radius 2 is 1.75 bits per heavy atom. The summed E-state index contributed by atoms with van der Waals surface area (Å²) in [6.07, 6.45) is 2.75. The van der Waals surface area contributed by atoms with Crippen molar-refractivity contribution in [2.24, 2.45) is 0 Å². The van der Waals surface area contributed by atoms with E-state index in [1.807, 2.05) is 0 Å². The fourth-order valence-electron chi connectivity index (χ4n) is 2.28. The van der Waals surface area contributed by atoms with Gasteiger partial charge in [0.25, 0.3) is 0 Å². The molecule has 2 rings (SSSR count). The van der Waals surface area contributed by atoms with Crippen LogP contribution in [0.5, 0.6) is 0 Å². The van der Waals surface area contributed by atoms with Gasteiger partial charge in [-0.05, 0) is 37.1 Å². The van der Waals surface area contributed by atoms with Crippen molar-refractivity contribution in [3.63, 3.8) is 0 Å². The average molecular weight is 375 g/mol. The summed E-state index contributed by atoms with van der Waals surface area (Å²) >= 11 is 0. The van der Waals surface area contributed by atoms with Crippen molar-refractivity contribution in [2.45, 2.75) is 30.7 Å². The van der Waals surface area contributed by atoms with Crippen LogP contribution in [0, 0.1) is 0 Å². The zero-order valence-corrected chi connectivity index (χ0v) is 15.2. The number of carbonyl (C=O) groups is 1. The molecule has 1 aromatic carbocycles. The van der Waals surface area contributed by atoms with Crippen molar-refractivity contribution in [3.8, 4) is 0 Å². The zero-order valence-electron chi connectivity index (χ0n) is 13.5. The molecule has 1 aromatic rings. The Morgan fingerprint density at radius 3 is 2.21 bits per heavy atom. The highest BCUT2D eigenvalue weighted by molar-refractivity contribution is 7.89. The van der Waals surface area contributed by atoms with Crippen molar-refractivity contribution in [3.05, 3.63) is 24.3 Å². The van der Waals surface area contributed by atoms with Gasteiger partial charge in [-0.3, -0.25) is 4.79 Å². The second kappa shape index (κ2) is 7.18. The molecule has 1 aliphatic rings. The third-order valence-corrected chi connectivity index (χ3v) is 6.30. The van der Waals surface area contributed by atoms with Crippen LogP contribution in [0.25, 0.3) is 0 Å². The van der Waals surface area contributed by atoms with E-state index in [1.165, 1.54) is 35.5 Å². The number of hydrogen-bond acceptors (Lipinski definition) is 5. The first kappa shape index (κ1) is 18.8. The lowest BCUT2D eigenvalue weighted by atomic mass is 10.3. The number of amides is 1. The van der Waals surface area contributed by atoms with Gasteiger partial charge >= 0.3 is 0 Å². The molecular weight excluding hydrogens is 354 g/mol. The first-order chi connectivity index (χ1) is 11.1. The van der Waals surface area contributed by atoms with Gasteiger partial charge < -0.3 is 5.32 Å². The molecule has 0 spiro atoms. The summed E-state index contributed by atoms with van der Waals surface area (Å²) in [4.78, 5) is 11.0. The van der Waals surface area contributed by atoms with E-state index >= 15 is 0 Å². The van der Waals surface area contributed by atoms with Crippen LogP contribution in [0.1, 0.15) is 19.8 Å². The molecule has 1 fully saturated rings. The van der Waals surface area contributed by atoms with Crippen LogP contribution in [0.3, 0.4) is 0 Å². The fraction of sp³-hybridized carbons (Fsp3) is 0.500. The highest BCUT2D eigenvalue weighted by Gasteiger charge is 2.34. The zero-order chi connectivity index (χ0) is 18.0. The van der Waals surface area contributed by atoms with Crippen molar-refractivity contribution in [2.75, 3.05) is 24.7 Å². The molecule has 1 amide bonds. The fourth-order valence-corrected chi connectivity index (χ4v) is 4.47. The summed E-state index contributed by atoms with van der Waals surface area (Å²) < 4.78 is 51.5. The summed E-state index contributed by atoms with van der Waals surface area (Å²) in [7, 11) is -7.08. The Kier molecular flexibility index (Phi) is 5.63. The quantitative estimate of drug-likeness (QED) is 0.681. The predicted molar refractivity (Wildman–Crippen MR) is 90.5 cm³/mol. The van der Waals surface area contributed by atoms with Gasteiger partial charge in [-0.25, -0.2) is 21.6 Å². The Morgan fingerprint density at radius 1 is 1.17 bits per heavy atom. The first-order valence-corrected chi connectivity index (χ1v) is 10.8.